The van der Waals surface area contributed by atoms with Gasteiger partial charge in [0.05, 0.1) is 29.9 Å². The van der Waals surface area contributed by atoms with E-state index in [4.69, 9.17) is 9.47 Å². The van der Waals surface area contributed by atoms with E-state index in [1.54, 1.807) is 6.07 Å². The number of aliphatic hydroxyl groups is 1. The average Bonchev–Trinajstić information content (AvgIpc) is 3.47. The lowest BCUT2D eigenvalue weighted by Gasteiger charge is -2.47. The van der Waals surface area contributed by atoms with Crippen LogP contribution in [0.1, 0.15) is 70.4 Å². The van der Waals surface area contributed by atoms with Crippen molar-refractivity contribution in [3.63, 3.8) is 0 Å². The monoisotopic (exact) mass is 620 g/mol. The summed E-state index contributed by atoms with van der Waals surface area (Å²) in [6.45, 7) is 6.32. The van der Waals surface area contributed by atoms with Crippen LogP contribution in [0.2, 0.25) is 0 Å². The summed E-state index contributed by atoms with van der Waals surface area (Å²) in [6, 6.07) is 11.9. The summed E-state index contributed by atoms with van der Waals surface area (Å²) >= 11 is 1.51. The van der Waals surface area contributed by atoms with Crippen LogP contribution in [-0.2, 0) is 22.5 Å². The standard InChI is InChI=1S/C33H40N4O6S/c1-22-34-26(20-44-22)32(41)37-15-16-43-33(21-37)11-13-36(14-12-33)18-24-7-4-6-23(17-24)5-2-3-8-27(38)25-9-10-28(39)30-31(25)42-19-29(40)35-30/h4,6-7,9-10,17,20,27,38-39H,2-3,5,8,11-16,18-19,21H2,1H3,(H,35,40). The van der Waals surface area contributed by atoms with E-state index in [9.17, 15) is 19.8 Å². The second-order valence-corrected chi connectivity index (χ2v) is 13.1. The highest BCUT2D eigenvalue weighted by Gasteiger charge is 2.41. The molecule has 2 fully saturated rings. The number of carbonyl (C=O) groups excluding carboxylic acids is 2. The third-order valence-electron chi connectivity index (χ3n) is 8.87. The number of aliphatic hydroxyl groups excluding tert-OH is 1. The van der Waals surface area contributed by atoms with E-state index in [1.165, 1.54) is 28.5 Å². The normalized spacial score (nSPS) is 18.9. The predicted octanol–water partition coefficient (Wildman–Crippen LogP) is 4.44. The number of nitrogens with one attached hydrogen (secondary N) is 1. The molecular weight excluding hydrogens is 580 g/mol. The topological polar surface area (TPSA) is 124 Å². The van der Waals surface area contributed by atoms with Gasteiger partial charge in [-0.3, -0.25) is 14.5 Å². The molecule has 1 aromatic heterocycles. The number of aromatic nitrogens is 1. The first-order valence-corrected chi connectivity index (χ1v) is 16.3. The zero-order valence-corrected chi connectivity index (χ0v) is 25.9. The van der Waals surface area contributed by atoms with E-state index in [2.05, 4.69) is 39.5 Å². The van der Waals surface area contributed by atoms with E-state index in [0.717, 1.165) is 56.7 Å². The minimum absolute atomic E-state index is 0.00838. The number of thiazole rings is 1. The second kappa shape index (κ2) is 13.2. The zero-order chi connectivity index (χ0) is 30.7. The van der Waals surface area contributed by atoms with Gasteiger partial charge in [-0.15, -0.1) is 11.3 Å². The molecule has 2 saturated heterocycles. The van der Waals surface area contributed by atoms with Crippen LogP contribution in [0.5, 0.6) is 11.5 Å². The molecule has 3 aromatic rings. The first kappa shape index (κ1) is 30.5. The van der Waals surface area contributed by atoms with E-state index < -0.39 is 6.10 Å². The number of phenols is 1. The maximum absolute atomic E-state index is 13.0. The molecule has 1 unspecified atom stereocenters. The van der Waals surface area contributed by atoms with Crippen LogP contribution >= 0.6 is 11.3 Å². The molecule has 0 aliphatic carbocycles. The Bertz CT molecular complexity index is 1500. The Hall–Kier alpha value is -3.51. The summed E-state index contributed by atoms with van der Waals surface area (Å²) < 4.78 is 11.8. The fourth-order valence-corrected chi connectivity index (χ4v) is 7.05. The van der Waals surface area contributed by atoms with Crippen molar-refractivity contribution in [2.75, 3.05) is 44.7 Å². The highest BCUT2D eigenvalue weighted by molar-refractivity contribution is 7.09. The van der Waals surface area contributed by atoms with Crippen molar-refractivity contribution >= 4 is 28.8 Å². The Balaban J connectivity index is 0.961. The Morgan fingerprint density at radius 3 is 2.77 bits per heavy atom. The molecule has 1 atom stereocenters. The number of hydrogen-bond acceptors (Lipinski definition) is 9. The molecule has 3 N–H and O–H groups in total. The number of ether oxygens (including phenoxy) is 2. The van der Waals surface area contributed by atoms with Crippen LogP contribution < -0.4 is 10.1 Å². The number of amides is 2. The van der Waals surface area contributed by atoms with E-state index >= 15 is 0 Å². The number of aryl methyl sites for hydroxylation is 2. The number of aromatic hydroxyl groups is 1. The van der Waals surface area contributed by atoms with Gasteiger partial charge in [0.1, 0.15) is 17.1 Å². The Kier molecular flexibility index (Phi) is 9.18. The Labute approximate surface area is 261 Å². The summed E-state index contributed by atoms with van der Waals surface area (Å²) in [5, 5.41) is 26.3. The van der Waals surface area contributed by atoms with Crippen molar-refractivity contribution in [3.05, 3.63) is 69.2 Å². The average molecular weight is 621 g/mol. The summed E-state index contributed by atoms with van der Waals surface area (Å²) in [7, 11) is 0. The molecule has 10 nitrogen and oxygen atoms in total. The van der Waals surface area contributed by atoms with Crippen molar-refractivity contribution in [2.24, 2.45) is 0 Å². The van der Waals surface area contributed by atoms with Gasteiger partial charge in [0.25, 0.3) is 11.8 Å². The molecule has 234 valence electrons. The van der Waals surface area contributed by atoms with E-state index in [1.807, 2.05) is 17.2 Å². The number of anilines is 1. The maximum Gasteiger partial charge on any atom is 0.273 e. The summed E-state index contributed by atoms with van der Waals surface area (Å²) in [6.07, 6.45) is 4.27. The number of likely N-dealkylation sites (tertiary alicyclic amines) is 1. The van der Waals surface area contributed by atoms with Crippen LogP contribution in [0, 0.1) is 6.92 Å². The van der Waals surface area contributed by atoms with Gasteiger partial charge >= 0.3 is 0 Å². The zero-order valence-electron chi connectivity index (χ0n) is 25.1. The first-order valence-electron chi connectivity index (χ1n) is 15.4. The summed E-state index contributed by atoms with van der Waals surface area (Å²) in [5.41, 5.74) is 3.63. The summed E-state index contributed by atoms with van der Waals surface area (Å²) in [4.78, 5) is 33.4. The van der Waals surface area contributed by atoms with Gasteiger partial charge in [-0.1, -0.05) is 30.7 Å². The number of nitrogens with zero attached hydrogens (tertiary/aromatic N) is 3. The Morgan fingerprint density at radius 1 is 1.16 bits per heavy atom. The van der Waals surface area contributed by atoms with E-state index in [-0.39, 0.29) is 35.5 Å². The molecule has 6 rings (SSSR count). The lowest BCUT2D eigenvalue weighted by atomic mass is 9.89. The Morgan fingerprint density at radius 2 is 1.98 bits per heavy atom. The maximum atomic E-state index is 13.0. The van der Waals surface area contributed by atoms with Crippen molar-refractivity contribution in [1.82, 2.24) is 14.8 Å². The molecule has 0 radical (unpaired) electrons. The third-order valence-corrected chi connectivity index (χ3v) is 9.64. The molecule has 1 spiro atoms. The van der Waals surface area contributed by atoms with Crippen molar-refractivity contribution in [2.45, 2.75) is 63.7 Å². The SMILES string of the molecule is Cc1nc(C(=O)N2CCOC3(CCN(Cc4cccc(CCCCC(O)c5ccc(O)c6c5OCC(=O)N6)c4)CC3)C2)cs1. The van der Waals surface area contributed by atoms with Crippen molar-refractivity contribution < 1.29 is 29.3 Å². The second-order valence-electron chi connectivity index (χ2n) is 12.1. The van der Waals surface area contributed by atoms with Crippen molar-refractivity contribution in [1.29, 1.82) is 0 Å². The molecule has 4 heterocycles. The minimum Gasteiger partial charge on any atom is -0.506 e. The fourth-order valence-electron chi connectivity index (χ4n) is 6.47. The number of unbranched alkanes of at least 4 members (excludes halogenated alkanes) is 1. The number of carbonyl (C=O) groups is 2. The largest absolute Gasteiger partial charge is 0.506 e. The first-order chi connectivity index (χ1) is 21.3. The lowest BCUT2D eigenvalue weighted by Crippen LogP contribution is -2.58. The molecule has 0 saturated carbocycles. The number of piperidine rings is 1. The number of rotatable bonds is 9. The molecule has 0 bridgehead atoms. The molecular formula is C33H40N4O6S. The lowest BCUT2D eigenvalue weighted by molar-refractivity contribution is -0.128. The summed E-state index contributed by atoms with van der Waals surface area (Å²) in [5.74, 6) is -0.0448. The van der Waals surface area contributed by atoms with Gasteiger partial charge in [-0.25, -0.2) is 4.98 Å². The van der Waals surface area contributed by atoms with Gasteiger partial charge in [-0.2, -0.15) is 0 Å². The number of phenolic OH excluding ortho intramolecular Hbond substituents is 1. The molecule has 44 heavy (non-hydrogen) atoms. The van der Waals surface area contributed by atoms with Crippen LogP contribution in [0.4, 0.5) is 5.69 Å². The number of morpholine rings is 1. The minimum atomic E-state index is -0.747. The number of fused-ring (bicyclic) bond motifs is 1. The van der Waals surface area contributed by atoms with Crippen LogP contribution in [0.25, 0.3) is 0 Å². The predicted molar refractivity (Wildman–Crippen MR) is 167 cm³/mol. The smallest absolute Gasteiger partial charge is 0.273 e. The van der Waals surface area contributed by atoms with Gasteiger partial charge in [0, 0.05) is 37.1 Å². The number of hydrogen-bond donors (Lipinski definition) is 3. The highest BCUT2D eigenvalue weighted by Crippen LogP contribution is 2.42. The van der Waals surface area contributed by atoms with Crippen LogP contribution in [0.15, 0.2) is 41.8 Å². The number of benzene rings is 2. The highest BCUT2D eigenvalue weighted by atomic mass is 32.1. The molecule has 2 aromatic carbocycles. The van der Waals surface area contributed by atoms with Gasteiger partial charge in [0.2, 0.25) is 0 Å². The molecule has 11 heteroatoms. The quantitative estimate of drug-likeness (QED) is 0.237. The van der Waals surface area contributed by atoms with Crippen molar-refractivity contribution in [3.8, 4) is 11.5 Å². The van der Waals surface area contributed by atoms with Crippen LogP contribution in [-0.4, -0.2) is 81.8 Å². The molecule has 3 aliphatic heterocycles. The van der Waals surface area contributed by atoms with Gasteiger partial charge < -0.3 is 29.9 Å². The third kappa shape index (κ3) is 6.91. The van der Waals surface area contributed by atoms with Crippen LogP contribution in [0.3, 0.4) is 0 Å². The molecule has 3 aliphatic rings. The fraction of sp³-hybridized carbons (Fsp3) is 0.485. The van der Waals surface area contributed by atoms with Gasteiger partial charge in [-0.05, 0) is 62.3 Å². The molecule has 2 amide bonds. The van der Waals surface area contributed by atoms with E-state index in [0.29, 0.717) is 43.1 Å². The van der Waals surface area contributed by atoms with Gasteiger partial charge in [0.15, 0.2) is 12.4 Å².